The summed E-state index contributed by atoms with van der Waals surface area (Å²) in [6.07, 6.45) is 4.73. The second-order valence-electron chi connectivity index (χ2n) is 3.60. The highest BCUT2D eigenvalue weighted by Gasteiger charge is 2.40. The molecule has 1 rings (SSSR count). The van der Waals surface area contributed by atoms with Crippen molar-refractivity contribution in [2.24, 2.45) is 0 Å². The van der Waals surface area contributed by atoms with Crippen molar-refractivity contribution in [1.29, 1.82) is 0 Å². The lowest BCUT2D eigenvalue weighted by atomic mass is 10.1. The van der Waals surface area contributed by atoms with Crippen molar-refractivity contribution >= 4 is 0 Å². The summed E-state index contributed by atoms with van der Waals surface area (Å²) >= 11 is 0. The van der Waals surface area contributed by atoms with Crippen LogP contribution in [-0.4, -0.2) is 32.7 Å². The zero-order valence-electron chi connectivity index (χ0n) is 8.84. The number of rotatable bonds is 5. The molecule has 1 aliphatic heterocycles. The maximum Gasteiger partial charge on any atom is 0.193 e. The average molecular weight is 188 g/mol. The lowest BCUT2D eigenvalue weighted by molar-refractivity contribution is -0.202. The highest BCUT2D eigenvalue weighted by atomic mass is 16.7. The van der Waals surface area contributed by atoms with E-state index in [0.29, 0.717) is 12.7 Å². The average Bonchev–Trinajstić information content (AvgIpc) is 2.59. The van der Waals surface area contributed by atoms with Crippen molar-refractivity contribution in [1.82, 2.24) is 0 Å². The Bertz CT molecular complexity index is 143. The van der Waals surface area contributed by atoms with Crippen LogP contribution < -0.4 is 0 Å². The topological polar surface area (TPSA) is 27.7 Å². The lowest BCUT2D eigenvalue weighted by Crippen LogP contribution is -2.34. The van der Waals surface area contributed by atoms with Gasteiger partial charge in [-0.2, -0.15) is 0 Å². The fraction of sp³-hybridized carbons (Fsp3) is 1.00. The van der Waals surface area contributed by atoms with Gasteiger partial charge in [-0.05, 0) is 6.42 Å². The third kappa shape index (κ3) is 2.66. The van der Waals surface area contributed by atoms with Crippen LogP contribution >= 0.6 is 0 Å². The third-order valence-corrected chi connectivity index (χ3v) is 2.70. The molecule has 0 N–H and O–H groups in total. The summed E-state index contributed by atoms with van der Waals surface area (Å²) < 4.78 is 16.2. The highest BCUT2D eigenvalue weighted by molar-refractivity contribution is 4.81. The maximum absolute atomic E-state index is 5.60. The largest absolute Gasteiger partial charge is 0.372 e. The molecule has 78 valence electrons. The summed E-state index contributed by atoms with van der Waals surface area (Å²) in [5, 5.41) is 0. The second kappa shape index (κ2) is 4.94. The molecule has 1 saturated heterocycles. The van der Waals surface area contributed by atoms with Crippen LogP contribution in [0.1, 0.15) is 32.6 Å². The maximum atomic E-state index is 5.60. The fourth-order valence-corrected chi connectivity index (χ4v) is 1.69. The molecule has 0 aliphatic carbocycles. The van der Waals surface area contributed by atoms with E-state index in [9.17, 15) is 0 Å². The first-order valence-electron chi connectivity index (χ1n) is 4.98. The number of methoxy groups -OCH3 is 2. The number of unbranched alkanes of at least 4 members (excludes halogenated alkanes) is 1. The molecule has 0 aromatic carbocycles. The Balaban J connectivity index is 2.33. The summed E-state index contributed by atoms with van der Waals surface area (Å²) in [5.41, 5.74) is 0. The van der Waals surface area contributed by atoms with Crippen LogP contribution in [0.5, 0.6) is 0 Å². The molecule has 1 atom stereocenters. The van der Waals surface area contributed by atoms with Crippen molar-refractivity contribution in [3.05, 3.63) is 0 Å². The molecule has 0 saturated carbocycles. The Hall–Kier alpha value is -0.120. The Labute approximate surface area is 80.4 Å². The molecule has 0 radical (unpaired) electrons. The minimum atomic E-state index is -0.474. The van der Waals surface area contributed by atoms with Crippen LogP contribution in [0, 0.1) is 0 Å². The molecular formula is C10H20O3. The molecule has 0 aromatic rings. The smallest absolute Gasteiger partial charge is 0.193 e. The van der Waals surface area contributed by atoms with Crippen molar-refractivity contribution < 1.29 is 14.2 Å². The molecule has 1 heterocycles. The molecule has 1 aliphatic rings. The van der Waals surface area contributed by atoms with Gasteiger partial charge in [0.25, 0.3) is 0 Å². The molecule has 3 heteroatoms. The first-order valence-corrected chi connectivity index (χ1v) is 4.98. The quantitative estimate of drug-likeness (QED) is 0.617. The van der Waals surface area contributed by atoms with E-state index in [4.69, 9.17) is 14.2 Å². The zero-order chi connectivity index (χ0) is 9.73. The fourth-order valence-electron chi connectivity index (χ4n) is 1.69. The van der Waals surface area contributed by atoms with Gasteiger partial charge in [-0.15, -0.1) is 0 Å². The molecule has 3 nitrogen and oxygen atoms in total. The predicted molar refractivity (Wildman–Crippen MR) is 50.6 cm³/mol. The van der Waals surface area contributed by atoms with Crippen molar-refractivity contribution in [3.63, 3.8) is 0 Å². The van der Waals surface area contributed by atoms with E-state index in [-0.39, 0.29) is 0 Å². The molecule has 0 aromatic heterocycles. The summed E-state index contributed by atoms with van der Waals surface area (Å²) in [4.78, 5) is 0. The van der Waals surface area contributed by atoms with Crippen LogP contribution in [0.25, 0.3) is 0 Å². The molecule has 1 fully saturated rings. The Morgan fingerprint density at radius 2 is 2.08 bits per heavy atom. The number of hydrogen-bond acceptors (Lipinski definition) is 3. The predicted octanol–water partition coefficient (Wildman–Crippen LogP) is 1.95. The summed E-state index contributed by atoms with van der Waals surface area (Å²) in [7, 11) is 3.35. The van der Waals surface area contributed by atoms with Crippen molar-refractivity contribution in [2.75, 3.05) is 20.8 Å². The summed E-state index contributed by atoms with van der Waals surface area (Å²) in [6.45, 7) is 2.75. The van der Waals surface area contributed by atoms with E-state index >= 15 is 0 Å². The second-order valence-corrected chi connectivity index (χ2v) is 3.60. The van der Waals surface area contributed by atoms with Crippen LogP contribution in [0.3, 0.4) is 0 Å². The first kappa shape index (κ1) is 11.0. The minimum Gasteiger partial charge on any atom is -0.372 e. The van der Waals surface area contributed by atoms with Gasteiger partial charge in [0.2, 0.25) is 0 Å². The van der Waals surface area contributed by atoms with Crippen molar-refractivity contribution in [3.8, 4) is 0 Å². The van der Waals surface area contributed by atoms with Gasteiger partial charge in [-0.3, -0.25) is 0 Å². The Morgan fingerprint density at radius 3 is 2.54 bits per heavy atom. The monoisotopic (exact) mass is 188 g/mol. The zero-order valence-corrected chi connectivity index (χ0v) is 8.84. The van der Waals surface area contributed by atoms with Gasteiger partial charge in [0.15, 0.2) is 5.79 Å². The van der Waals surface area contributed by atoms with Gasteiger partial charge in [-0.1, -0.05) is 19.8 Å². The Morgan fingerprint density at radius 1 is 1.38 bits per heavy atom. The highest BCUT2D eigenvalue weighted by Crippen LogP contribution is 2.30. The van der Waals surface area contributed by atoms with E-state index in [1.54, 1.807) is 14.2 Å². The van der Waals surface area contributed by atoms with E-state index in [0.717, 1.165) is 12.8 Å². The van der Waals surface area contributed by atoms with Gasteiger partial charge >= 0.3 is 0 Å². The molecule has 13 heavy (non-hydrogen) atoms. The summed E-state index contributed by atoms with van der Waals surface area (Å²) in [6, 6.07) is 0. The van der Waals surface area contributed by atoms with E-state index < -0.39 is 5.79 Å². The summed E-state index contributed by atoms with van der Waals surface area (Å²) in [5.74, 6) is -0.474. The minimum absolute atomic E-state index is 0.319. The molecule has 0 spiro atoms. The first-order chi connectivity index (χ1) is 6.26. The Kier molecular flexibility index (Phi) is 4.16. The van der Waals surface area contributed by atoms with E-state index in [1.165, 1.54) is 12.8 Å². The van der Waals surface area contributed by atoms with Gasteiger partial charge in [-0.25, -0.2) is 0 Å². The van der Waals surface area contributed by atoms with Crippen LogP contribution in [-0.2, 0) is 14.2 Å². The van der Waals surface area contributed by atoms with Crippen LogP contribution in [0.4, 0.5) is 0 Å². The molecular weight excluding hydrogens is 168 g/mol. The number of ether oxygens (including phenoxy) is 3. The van der Waals surface area contributed by atoms with E-state index in [1.807, 2.05) is 0 Å². The number of hydrogen-bond donors (Lipinski definition) is 0. The van der Waals surface area contributed by atoms with Crippen LogP contribution in [0.15, 0.2) is 0 Å². The lowest BCUT2D eigenvalue weighted by Gasteiger charge is -2.23. The third-order valence-electron chi connectivity index (χ3n) is 2.70. The normalized spacial score (nSPS) is 26.5. The standard InChI is InChI=1S/C10H20O3/c1-4-5-6-9-7-10(11-2,12-3)8-13-9/h9H,4-8H2,1-3H3/t9-/m1/s1. The SMILES string of the molecule is CCCC[C@@H]1CC(OC)(OC)CO1. The van der Waals surface area contributed by atoms with E-state index in [2.05, 4.69) is 6.92 Å². The molecule has 0 amide bonds. The van der Waals surface area contributed by atoms with Gasteiger partial charge < -0.3 is 14.2 Å². The molecule has 0 bridgehead atoms. The molecule has 0 unspecified atom stereocenters. The van der Waals surface area contributed by atoms with Crippen molar-refractivity contribution in [2.45, 2.75) is 44.5 Å². The van der Waals surface area contributed by atoms with Gasteiger partial charge in [0, 0.05) is 20.6 Å². The van der Waals surface area contributed by atoms with Crippen LogP contribution in [0.2, 0.25) is 0 Å². The van der Waals surface area contributed by atoms with Gasteiger partial charge in [0.1, 0.15) is 6.61 Å². The van der Waals surface area contributed by atoms with Gasteiger partial charge in [0.05, 0.1) is 6.10 Å².